The van der Waals surface area contributed by atoms with E-state index in [0.717, 1.165) is 47.7 Å². The molecular weight excluding hydrogens is 415 g/mol. The van der Waals surface area contributed by atoms with Crippen molar-refractivity contribution in [1.29, 1.82) is 0 Å². The van der Waals surface area contributed by atoms with Gasteiger partial charge in [0.1, 0.15) is 6.33 Å². The highest BCUT2D eigenvalue weighted by molar-refractivity contribution is 7.99. The number of aromatic nitrogens is 4. The van der Waals surface area contributed by atoms with E-state index in [0.29, 0.717) is 21.4 Å². The molecular formula is C19H22Cl2N6S. The SMILES string of the molecule is Nc1ncnc2c1nc(Sc1cc(Cl)cc(Cl)c1)n2CCCNCCC1CC1. The summed E-state index contributed by atoms with van der Waals surface area (Å²) in [7, 11) is 0. The van der Waals surface area contributed by atoms with Crippen LogP contribution in [0, 0.1) is 5.92 Å². The molecule has 28 heavy (non-hydrogen) atoms. The molecule has 2 aromatic heterocycles. The molecule has 3 aromatic rings. The van der Waals surface area contributed by atoms with Gasteiger partial charge in [0.05, 0.1) is 0 Å². The normalized spacial score (nSPS) is 14.1. The van der Waals surface area contributed by atoms with Crippen molar-refractivity contribution in [2.75, 3.05) is 18.8 Å². The summed E-state index contributed by atoms with van der Waals surface area (Å²) in [5, 5.41) is 5.52. The number of fused-ring (bicyclic) bond motifs is 1. The number of rotatable bonds is 9. The number of hydrogen-bond donors (Lipinski definition) is 2. The van der Waals surface area contributed by atoms with Gasteiger partial charge < -0.3 is 15.6 Å². The summed E-state index contributed by atoms with van der Waals surface area (Å²) in [5.41, 5.74) is 7.39. The highest BCUT2D eigenvalue weighted by Crippen LogP contribution is 2.34. The predicted molar refractivity (Wildman–Crippen MR) is 115 cm³/mol. The number of nitrogens with one attached hydrogen (secondary N) is 1. The first-order chi connectivity index (χ1) is 13.6. The Morgan fingerprint density at radius 2 is 1.93 bits per heavy atom. The second-order valence-corrected chi connectivity index (χ2v) is 8.93. The standard InChI is InChI=1S/C19H22Cl2N6S/c20-13-8-14(21)10-15(9-13)28-19-26-16-17(22)24-11-25-18(16)27(19)7-1-5-23-6-4-12-2-3-12/h8-12,23H,1-7H2,(H2,22,24,25). The molecule has 1 fully saturated rings. The smallest absolute Gasteiger partial charge is 0.175 e. The van der Waals surface area contributed by atoms with Gasteiger partial charge in [-0.15, -0.1) is 0 Å². The van der Waals surface area contributed by atoms with E-state index in [4.69, 9.17) is 28.9 Å². The van der Waals surface area contributed by atoms with Gasteiger partial charge in [-0.25, -0.2) is 15.0 Å². The fourth-order valence-corrected chi connectivity index (χ4v) is 4.77. The molecule has 0 spiro atoms. The van der Waals surface area contributed by atoms with E-state index in [2.05, 4.69) is 24.8 Å². The Balaban J connectivity index is 1.50. The molecule has 0 radical (unpaired) electrons. The minimum atomic E-state index is 0.386. The van der Waals surface area contributed by atoms with Crippen LogP contribution in [0.25, 0.3) is 11.2 Å². The van der Waals surface area contributed by atoms with Gasteiger partial charge in [-0.1, -0.05) is 47.8 Å². The number of nitrogen functional groups attached to an aromatic ring is 1. The minimum Gasteiger partial charge on any atom is -0.382 e. The maximum Gasteiger partial charge on any atom is 0.175 e. The van der Waals surface area contributed by atoms with Crippen molar-refractivity contribution in [1.82, 2.24) is 24.8 Å². The van der Waals surface area contributed by atoms with Crippen LogP contribution in [0.2, 0.25) is 10.0 Å². The van der Waals surface area contributed by atoms with Crippen LogP contribution in [-0.4, -0.2) is 32.6 Å². The van der Waals surface area contributed by atoms with E-state index in [1.165, 1.54) is 37.4 Å². The minimum absolute atomic E-state index is 0.386. The van der Waals surface area contributed by atoms with Crippen LogP contribution in [0.15, 0.2) is 34.6 Å². The van der Waals surface area contributed by atoms with Crippen LogP contribution in [-0.2, 0) is 6.54 Å². The maximum absolute atomic E-state index is 6.14. The van der Waals surface area contributed by atoms with Gasteiger partial charge >= 0.3 is 0 Å². The van der Waals surface area contributed by atoms with Crippen LogP contribution < -0.4 is 11.1 Å². The molecule has 0 amide bonds. The molecule has 1 aromatic carbocycles. The molecule has 2 heterocycles. The zero-order valence-corrected chi connectivity index (χ0v) is 17.7. The summed E-state index contributed by atoms with van der Waals surface area (Å²) in [6, 6.07) is 5.46. The Morgan fingerprint density at radius 3 is 2.68 bits per heavy atom. The Labute approximate surface area is 178 Å². The van der Waals surface area contributed by atoms with Gasteiger partial charge in [-0.2, -0.15) is 0 Å². The summed E-state index contributed by atoms with van der Waals surface area (Å²) in [5.74, 6) is 1.34. The number of halogens is 2. The van der Waals surface area contributed by atoms with Crippen molar-refractivity contribution < 1.29 is 0 Å². The van der Waals surface area contributed by atoms with E-state index in [9.17, 15) is 0 Å². The molecule has 0 saturated heterocycles. The number of benzene rings is 1. The fraction of sp³-hybridized carbons (Fsp3) is 0.421. The third-order valence-corrected chi connectivity index (χ3v) is 6.13. The Morgan fingerprint density at radius 1 is 1.14 bits per heavy atom. The van der Waals surface area contributed by atoms with Crippen molar-refractivity contribution in [2.24, 2.45) is 5.92 Å². The van der Waals surface area contributed by atoms with E-state index >= 15 is 0 Å². The lowest BCUT2D eigenvalue weighted by Gasteiger charge is -2.09. The molecule has 1 aliphatic carbocycles. The molecule has 9 heteroatoms. The Bertz CT molecular complexity index is 952. The number of imidazole rings is 1. The van der Waals surface area contributed by atoms with E-state index in [1.54, 1.807) is 6.07 Å². The highest BCUT2D eigenvalue weighted by atomic mass is 35.5. The van der Waals surface area contributed by atoms with E-state index in [-0.39, 0.29) is 0 Å². The van der Waals surface area contributed by atoms with Gasteiger partial charge in [-0.3, -0.25) is 0 Å². The number of nitrogens with two attached hydrogens (primary N) is 1. The van der Waals surface area contributed by atoms with E-state index < -0.39 is 0 Å². The number of nitrogens with zero attached hydrogens (tertiary/aromatic N) is 4. The summed E-state index contributed by atoms with van der Waals surface area (Å²) < 4.78 is 2.09. The molecule has 148 valence electrons. The number of aryl methyl sites for hydroxylation is 1. The molecule has 6 nitrogen and oxygen atoms in total. The second kappa shape index (κ2) is 8.86. The van der Waals surface area contributed by atoms with Gasteiger partial charge in [0.2, 0.25) is 0 Å². The van der Waals surface area contributed by atoms with Crippen molar-refractivity contribution in [3.63, 3.8) is 0 Å². The summed E-state index contributed by atoms with van der Waals surface area (Å²) in [6.45, 7) is 2.84. The molecule has 1 aliphatic rings. The highest BCUT2D eigenvalue weighted by Gasteiger charge is 2.20. The molecule has 0 aliphatic heterocycles. The largest absolute Gasteiger partial charge is 0.382 e. The first kappa shape index (κ1) is 19.8. The van der Waals surface area contributed by atoms with Crippen molar-refractivity contribution in [3.8, 4) is 0 Å². The average Bonchev–Trinajstić information content (AvgIpc) is 3.40. The average molecular weight is 437 g/mol. The molecule has 0 atom stereocenters. The Hall–Kier alpha value is -1.54. The van der Waals surface area contributed by atoms with Crippen LogP contribution in [0.1, 0.15) is 25.7 Å². The van der Waals surface area contributed by atoms with Crippen molar-refractivity contribution in [3.05, 3.63) is 34.6 Å². The zero-order valence-electron chi connectivity index (χ0n) is 15.4. The van der Waals surface area contributed by atoms with E-state index in [1.807, 2.05) is 12.1 Å². The number of anilines is 1. The van der Waals surface area contributed by atoms with Gasteiger partial charge in [0.25, 0.3) is 0 Å². The van der Waals surface area contributed by atoms with Gasteiger partial charge in [-0.05, 0) is 50.0 Å². The van der Waals surface area contributed by atoms with Crippen molar-refractivity contribution >= 4 is 51.9 Å². The molecule has 0 bridgehead atoms. The lowest BCUT2D eigenvalue weighted by atomic mass is 10.3. The summed E-state index contributed by atoms with van der Waals surface area (Å²) in [6.07, 6.45) is 6.54. The maximum atomic E-state index is 6.14. The molecule has 4 rings (SSSR count). The third kappa shape index (κ3) is 4.89. The van der Waals surface area contributed by atoms with Crippen LogP contribution in [0.4, 0.5) is 5.82 Å². The van der Waals surface area contributed by atoms with Crippen LogP contribution in [0.5, 0.6) is 0 Å². The summed E-state index contributed by atoms with van der Waals surface area (Å²) >= 11 is 13.8. The predicted octanol–water partition coefficient (Wildman–Crippen LogP) is 4.65. The third-order valence-electron chi connectivity index (χ3n) is 4.73. The quantitative estimate of drug-likeness (QED) is 0.475. The second-order valence-electron chi connectivity index (χ2n) is 7.02. The lowest BCUT2D eigenvalue weighted by Crippen LogP contribution is -2.18. The lowest BCUT2D eigenvalue weighted by molar-refractivity contribution is 0.545. The van der Waals surface area contributed by atoms with Crippen LogP contribution >= 0.6 is 35.0 Å². The topological polar surface area (TPSA) is 81.7 Å². The first-order valence-electron chi connectivity index (χ1n) is 9.41. The zero-order chi connectivity index (χ0) is 19.5. The van der Waals surface area contributed by atoms with Gasteiger partial charge in [0.15, 0.2) is 22.1 Å². The monoisotopic (exact) mass is 436 g/mol. The molecule has 3 N–H and O–H groups in total. The van der Waals surface area contributed by atoms with Crippen LogP contribution in [0.3, 0.4) is 0 Å². The molecule has 1 saturated carbocycles. The first-order valence-corrected chi connectivity index (χ1v) is 11.0. The van der Waals surface area contributed by atoms with Gasteiger partial charge in [0, 0.05) is 21.5 Å². The fourth-order valence-electron chi connectivity index (χ4n) is 3.11. The van der Waals surface area contributed by atoms with Crippen molar-refractivity contribution in [2.45, 2.75) is 42.3 Å². The summed E-state index contributed by atoms with van der Waals surface area (Å²) in [4.78, 5) is 14.1. The molecule has 0 unspecified atom stereocenters. The Kier molecular flexibility index (Phi) is 6.25. The number of hydrogen-bond acceptors (Lipinski definition) is 6.